The zero-order valence-corrected chi connectivity index (χ0v) is 15.0. The van der Waals surface area contributed by atoms with Gasteiger partial charge in [0.25, 0.3) is 0 Å². The average Bonchev–Trinajstić information content (AvgIpc) is 2.59. The van der Waals surface area contributed by atoms with Crippen molar-refractivity contribution >= 4 is 5.96 Å². The van der Waals surface area contributed by atoms with Crippen LogP contribution in [0.2, 0.25) is 0 Å². The second-order valence-corrected chi connectivity index (χ2v) is 5.53. The summed E-state index contributed by atoms with van der Waals surface area (Å²) in [5.74, 6) is 0.709. The molecule has 6 heteroatoms. The van der Waals surface area contributed by atoms with Crippen molar-refractivity contribution in [1.29, 1.82) is 0 Å². The zero-order chi connectivity index (χ0) is 17.6. The van der Waals surface area contributed by atoms with Gasteiger partial charge in [-0.2, -0.15) is 0 Å². The number of aryl methyl sites for hydroxylation is 1. The van der Waals surface area contributed by atoms with Gasteiger partial charge in [-0.05, 0) is 25.8 Å². The summed E-state index contributed by atoms with van der Waals surface area (Å²) in [4.78, 5) is 4.44. The van der Waals surface area contributed by atoms with Gasteiger partial charge in [0, 0.05) is 26.8 Å². The Hall–Kier alpha value is -1.63. The number of methoxy groups -OCH3 is 1. The number of aliphatic imine (C=N–C) groups is 1. The second kappa shape index (κ2) is 12.8. The summed E-state index contributed by atoms with van der Waals surface area (Å²) in [7, 11) is 1.66. The first-order valence-corrected chi connectivity index (χ1v) is 8.50. The van der Waals surface area contributed by atoms with Crippen LogP contribution in [0.1, 0.15) is 30.6 Å². The lowest BCUT2D eigenvalue weighted by Gasteiger charge is -2.13. The molecule has 6 nitrogen and oxygen atoms in total. The van der Waals surface area contributed by atoms with Gasteiger partial charge in [-0.15, -0.1) is 0 Å². The van der Waals surface area contributed by atoms with Gasteiger partial charge in [0.1, 0.15) is 0 Å². The number of nitrogens with one attached hydrogen (secondary N) is 2. The number of benzene rings is 1. The predicted molar refractivity (Wildman–Crippen MR) is 97.4 cm³/mol. The molecule has 0 saturated heterocycles. The Bertz CT molecular complexity index is 463. The van der Waals surface area contributed by atoms with E-state index in [0.29, 0.717) is 32.3 Å². The molecule has 3 N–H and O–H groups in total. The Balaban J connectivity index is 2.34. The van der Waals surface area contributed by atoms with Crippen LogP contribution in [-0.2, 0) is 9.47 Å². The van der Waals surface area contributed by atoms with Crippen molar-refractivity contribution in [3.05, 3.63) is 35.4 Å². The molecule has 0 saturated carbocycles. The number of ether oxygens (including phenoxy) is 2. The lowest BCUT2D eigenvalue weighted by atomic mass is 10.1. The molecule has 1 atom stereocenters. The van der Waals surface area contributed by atoms with Crippen LogP contribution in [0.4, 0.5) is 0 Å². The SMILES string of the molecule is CCNC(=NCC(O)c1ccc(C)cc1)NCCCOCCOC. The maximum Gasteiger partial charge on any atom is 0.191 e. The smallest absolute Gasteiger partial charge is 0.191 e. The molecular formula is C18H31N3O3. The van der Waals surface area contributed by atoms with Crippen LogP contribution in [-0.4, -0.2) is 57.6 Å². The zero-order valence-electron chi connectivity index (χ0n) is 15.0. The first-order valence-electron chi connectivity index (χ1n) is 8.50. The van der Waals surface area contributed by atoms with E-state index in [1.807, 2.05) is 38.1 Å². The van der Waals surface area contributed by atoms with Crippen LogP contribution in [0.3, 0.4) is 0 Å². The van der Waals surface area contributed by atoms with Crippen LogP contribution < -0.4 is 10.6 Å². The van der Waals surface area contributed by atoms with E-state index in [1.54, 1.807) is 7.11 Å². The van der Waals surface area contributed by atoms with Gasteiger partial charge < -0.3 is 25.2 Å². The summed E-state index contributed by atoms with van der Waals surface area (Å²) in [6.45, 7) is 7.82. The number of aliphatic hydroxyl groups is 1. The van der Waals surface area contributed by atoms with Gasteiger partial charge in [-0.3, -0.25) is 4.99 Å². The molecule has 136 valence electrons. The molecule has 0 aromatic heterocycles. The lowest BCUT2D eigenvalue weighted by molar-refractivity contribution is 0.0698. The van der Waals surface area contributed by atoms with Gasteiger partial charge in [-0.1, -0.05) is 29.8 Å². The molecule has 0 amide bonds. The molecule has 1 aromatic rings. The summed E-state index contributed by atoms with van der Waals surface area (Å²) >= 11 is 0. The Labute approximate surface area is 145 Å². The van der Waals surface area contributed by atoms with E-state index >= 15 is 0 Å². The van der Waals surface area contributed by atoms with Crippen molar-refractivity contribution in [1.82, 2.24) is 10.6 Å². The van der Waals surface area contributed by atoms with Gasteiger partial charge in [0.2, 0.25) is 0 Å². The fourth-order valence-corrected chi connectivity index (χ4v) is 2.04. The first kappa shape index (κ1) is 20.4. The van der Waals surface area contributed by atoms with Crippen LogP contribution in [0.15, 0.2) is 29.3 Å². The quantitative estimate of drug-likeness (QED) is 0.325. The van der Waals surface area contributed by atoms with E-state index in [4.69, 9.17) is 9.47 Å². The molecular weight excluding hydrogens is 306 g/mol. The molecule has 1 rings (SSSR count). The fourth-order valence-electron chi connectivity index (χ4n) is 2.04. The molecule has 0 bridgehead atoms. The normalized spacial score (nSPS) is 12.9. The molecule has 0 aliphatic heterocycles. The summed E-state index contributed by atoms with van der Waals surface area (Å²) in [6.07, 6.45) is 0.285. The minimum absolute atomic E-state index is 0.322. The van der Waals surface area contributed by atoms with Crippen LogP contribution >= 0.6 is 0 Å². The lowest BCUT2D eigenvalue weighted by Crippen LogP contribution is -2.38. The first-order chi connectivity index (χ1) is 11.7. The number of rotatable bonds is 11. The van der Waals surface area contributed by atoms with E-state index in [2.05, 4.69) is 15.6 Å². The van der Waals surface area contributed by atoms with Gasteiger partial charge in [0.15, 0.2) is 5.96 Å². The van der Waals surface area contributed by atoms with Gasteiger partial charge in [0.05, 0.1) is 25.9 Å². The minimum Gasteiger partial charge on any atom is -0.386 e. The van der Waals surface area contributed by atoms with Crippen molar-refractivity contribution in [2.24, 2.45) is 4.99 Å². The Morgan fingerprint density at radius 1 is 1.17 bits per heavy atom. The van der Waals surface area contributed by atoms with Crippen LogP contribution in [0.5, 0.6) is 0 Å². The molecule has 1 unspecified atom stereocenters. The third kappa shape index (κ3) is 8.86. The number of guanidine groups is 1. The summed E-state index contributed by atoms with van der Waals surface area (Å²) < 4.78 is 10.3. The van der Waals surface area contributed by atoms with Gasteiger partial charge in [-0.25, -0.2) is 0 Å². The Morgan fingerprint density at radius 3 is 2.58 bits per heavy atom. The molecule has 0 aliphatic rings. The second-order valence-electron chi connectivity index (χ2n) is 5.53. The monoisotopic (exact) mass is 337 g/mol. The molecule has 1 aromatic carbocycles. The average molecular weight is 337 g/mol. The van der Waals surface area contributed by atoms with E-state index in [1.165, 1.54) is 5.56 Å². The topological polar surface area (TPSA) is 75.1 Å². The highest BCUT2D eigenvalue weighted by Crippen LogP contribution is 2.13. The van der Waals surface area contributed by atoms with Crippen molar-refractivity contribution in [3.63, 3.8) is 0 Å². The number of hydrogen-bond donors (Lipinski definition) is 3. The molecule has 0 spiro atoms. The maximum absolute atomic E-state index is 10.2. The minimum atomic E-state index is -0.599. The third-order valence-corrected chi connectivity index (χ3v) is 3.42. The van der Waals surface area contributed by atoms with Crippen LogP contribution in [0.25, 0.3) is 0 Å². The summed E-state index contributed by atoms with van der Waals surface area (Å²) in [6, 6.07) is 7.87. The molecule has 0 radical (unpaired) electrons. The Kier molecular flexibility index (Phi) is 10.8. The highest BCUT2D eigenvalue weighted by molar-refractivity contribution is 5.79. The predicted octanol–water partition coefficient (Wildman–Crippen LogP) is 1.64. The Morgan fingerprint density at radius 2 is 1.92 bits per heavy atom. The number of aliphatic hydroxyl groups excluding tert-OH is 1. The molecule has 0 fully saturated rings. The van der Waals surface area contributed by atoms with Crippen molar-refractivity contribution in [2.45, 2.75) is 26.4 Å². The highest BCUT2D eigenvalue weighted by Gasteiger charge is 2.07. The van der Waals surface area contributed by atoms with Gasteiger partial charge >= 0.3 is 0 Å². The number of hydrogen-bond acceptors (Lipinski definition) is 4. The standard InChI is InChI=1S/C18H31N3O3/c1-4-19-18(20-10-5-11-24-13-12-23-3)21-14-17(22)16-8-6-15(2)7-9-16/h6-9,17,22H,4-5,10-14H2,1-3H3,(H2,19,20,21). The van der Waals surface area contributed by atoms with E-state index in [-0.39, 0.29) is 0 Å². The molecule has 0 aliphatic carbocycles. The van der Waals surface area contributed by atoms with E-state index in [0.717, 1.165) is 25.1 Å². The van der Waals surface area contributed by atoms with E-state index < -0.39 is 6.10 Å². The van der Waals surface area contributed by atoms with Crippen molar-refractivity contribution in [3.8, 4) is 0 Å². The maximum atomic E-state index is 10.2. The summed E-state index contributed by atoms with van der Waals surface area (Å²) in [5.41, 5.74) is 2.06. The fraction of sp³-hybridized carbons (Fsp3) is 0.611. The largest absolute Gasteiger partial charge is 0.386 e. The number of nitrogens with zero attached hydrogens (tertiary/aromatic N) is 1. The molecule has 24 heavy (non-hydrogen) atoms. The van der Waals surface area contributed by atoms with Crippen molar-refractivity contribution in [2.75, 3.05) is 46.6 Å². The summed E-state index contributed by atoms with van der Waals surface area (Å²) in [5, 5.41) is 16.6. The highest BCUT2D eigenvalue weighted by atomic mass is 16.5. The molecule has 0 heterocycles. The van der Waals surface area contributed by atoms with E-state index in [9.17, 15) is 5.11 Å². The third-order valence-electron chi connectivity index (χ3n) is 3.42. The van der Waals surface area contributed by atoms with Crippen molar-refractivity contribution < 1.29 is 14.6 Å². The van der Waals surface area contributed by atoms with Crippen LogP contribution in [0, 0.1) is 6.92 Å².